The first-order valence-corrected chi connectivity index (χ1v) is 8.06. The van der Waals surface area contributed by atoms with E-state index in [9.17, 15) is 15.0 Å². The maximum absolute atomic E-state index is 11.6. The summed E-state index contributed by atoms with van der Waals surface area (Å²) in [5.41, 5.74) is 7.06. The van der Waals surface area contributed by atoms with Crippen molar-refractivity contribution in [2.24, 2.45) is 0 Å². The third-order valence-corrected chi connectivity index (χ3v) is 3.83. The van der Waals surface area contributed by atoms with E-state index in [1.54, 1.807) is 0 Å². The summed E-state index contributed by atoms with van der Waals surface area (Å²) in [4.78, 5) is 15.4. The van der Waals surface area contributed by atoms with E-state index >= 15 is 0 Å². The van der Waals surface area contributed by atoms with E-state index in [-0.39, 0.29) is 30.4 Å². The third kappa shape index (κ3) is 5.90. The zero-order valence-corrected chi connectivity index (χ0v) is 14.2. The number of nitrogen functional groups attached to an aromatic ring is 1. The van der Waals surface area contributed by atoms with Gasteiger partial charge in [-0.25, -0.2) is 9.78 Å². The maximum atomic E-state index is 11.6. The summed E-state index contributed by atoms with van der Waals surface area (Å²) in [6, 6.07) is 10.7. The first-order valence-electron chi connectivity index (χ1n) is 7.69. The number of halogens is 1. The number of carbonyl (C=O) groups excluding carboxylic acids is 1. The number of benzene rings is 1. The Hall–Kier alpha value is -2.35. The minimum absolute atomic E-state index is 0.129. The van der Waals surface area contributed by atoms with Gasteiger partial charge in [-0.3, -0.25) is 0 Å². The number of ether oxygens (including phenoxy) is 1. The lowest BCUT2D eigenvalue weighted by atomic mass is 10.0. The minimum atomic E-state index is -1.19. The topological polar surface area (TPSA) is 118 Å². The number of aliphatic hydroxyl groups is 2. The Morgan fingerprint density at radius 1 is 1.32 bits per heavy atom. The number of carbonyl (C=O) groups is 1. The molecule has 1 aromatic carbocycles. The molecule has 1 amide bonds. The number of alkyl carbamates (subject to hydrolysis) is 1. The van der Waals surface area contributed by atoms with Crippen LogP contribution in [0.2, 0.25) is 5.15 Å². The molecule has 2 aromatic rings. The molecule has 5 N–H and O–H groups in total. The monoisotopic (exact) mass is 365 g/mol. The van der Waals surface area contributed by atoms with Crippen molar-refractivity contribution in [2.75, 3.05) is 12.3 Å². The summed E-state index contributed by atoms with van der Waals surface area (Å²) in [5.74, 6) is 0. The fourth-order valence-corrected chi connectivity index (χ4v) is 2.22. The van der Waals surface area contributed by atoms with Crippen LogP contribution in [0.25, 0.3) is 0 Å². The van der Waals surface area contributed by atoms with E-state index in [2.05, 4.69) is 10.3 Å². The van der Waals surface area contributed by atoms with Crippen molar-refractivity contribution in [3.8, 4) is 0 Å². The average Bonchev–Trinajstić information content (AvgIpc) is 2.62. The Kier molecular flexibility index (Phi) is 7.00. The molecule has 0 aliphatic heterocycles. The Morgan fingerprint density at radius 2 is 2.04 bits per heavy atom. The van der Waals surface area contributed by atoms with Gasteiger partial charge in [-0.1, -0.05) is 41.9 Å². The number of nitrogens with one attached hydrogen (secondary N) is 1. The van der Waals surface area contributed by atoms with Gasteiger partial charge in [0.25, 0.3) is 0 Å². The molecular weight excluding hydrogens is 346 g/mol. The molecule has 2 atom stereocenters. The number of hydrogen-bond acceptors (Lipinski definition) is 6. The Balaban J connectivity index is 1.72. The molecule has 7 nitrogen and oxygen atoms in total. The quantitative estimate of drug-likeness (QED) is 0.557. The number of hydrogen-bond donors (Lipinski definition) is 4. The molecular formula is C17H20ClN3O4. The predicted octanol–water partition coefficient (Wildman–Crippen LogP) is 2.03. The molecule has 134 valence electrons. The lowest BCUT2D eigenvalue weighted by Crippen LogP contribution is -2.29. The summed E-state index contributed by atoms with van der Waals surface area (Å²) in [7, 11) is 0. The van der Waals surface area contributed by atoms with Crippen LogP contribution in [0.3, 0.4) is 0 Å². The van der Waals surface area contributed by atoms with Gasteiger partial charge in [0, 0.05) is 18.3 Å². The molecule has 0 spiro atoms. The van der Waals surface area contributed by atoms with Crippen LogP contribution in [0.1, 0.15) is 23.7 Å². The average molecular weight is 366 g/mol. The molecule has 1 aromatic heterocycles. The van der Waals surface area contributed by atoms with E-state index in [4.69, 9.17) is 22.1 Å². The molecule has 2 unspecified atom stereocenters. The van der Waals surface area contributed by atoms with Crippen molar-refractivity contribution in [2.45, 2.75) is 25.2 Å². The molecule has 8 heteroatoms. The van der Waals surface area contributed by atoms with E-state index < -0.39 is 18.3 Å². The lowest BCUT2D eigenvalue weighted by molar-refractivity contribution is 0.0135. The van der Waals surface area contributed by atoms with Crippen molar-refractivity contribution in [1.82, 2.24) is 10.3 Å². The Morgan fingerprint density at radius 3 is 2.72 bits per heavy atom. The zero-order chi connectivity index (χ0) is 18.2. The molecule has 0 radical (unpaired) electrons. The zero-order valence-electron chi connectivity index (χ0n) is 13.4. The highest BCUT2D eigenvalue weighted by atomic mass is 35.5. The van der Waals surface area contributed by atoms with Crippen LogP contribution in [0.4, 0.5) is 10.5 Å². The standard InChI is InChI=1S/C17H20ClN3O4/c18-16-13(19)8-12(9-21-16)15(23)14(22)6-7-20-17(24)25-10-11-4-2-1-3-5-11/h1-5,8-9,14-15,22-23H,6-7,10,19H2,(H,20,24). The fraction of sp³-hybridized carbons (Fsp3) is 0.294. The highest BCUT2D eigenvalue weighted by Crippen LogP contribution is 2.23. The summed E-state index contributed by atoms with van der Waals surface area (Å²) in [6.45, 7) is 0.302. The smallest absolute Gasteiger partial charge is 0.407 e. The van der Waals surface area contributed by atoms with Gasteiger partial charge >= 0.3 is 6.09 Å². The number of amides is 1. The van der Waals surface area contributed by atoms with Gasteiger partial charge in [-0.05, 0) is 18.1 Å². The van der Waals surface area contributed by atoms with Crippen molar-refractivity contribution < 1.29 is 19.7 Å². The van der Waals surface area contributed by atoms with Gasteiger partial charge in [-0.15, -0.1) is 0 Å². The maximum Gasteiger partial charge on any atom is 0.407 e. The van der Waals surface area contributed by atoms with Crippen molar-refractivity contribution in [3.63, 3.8) is 0 Å². The van der Waals surface area contributed by atoms with Crippen LogP contribution in [0, 0.1) is 0 Å². The van der Waals surface area contributed by atoms with Crippen LogP contribution >= 0.6 is 11.6 Å². The van der Waals surface area contributed by atoms with Gasteiger partial charge in [-0.2, -0.15) is 0 Å². The summed E-state index contributed by atoms with van der Waals surface area (Å²) >= 11 is 5.72. The lowest BCUT2D eigenvalue weighted by Gasteiger charge is -2.18. The van der Waals surface area contributed by atoms with Crippen LogP contribution in [-0.4, -0.2) is 33.9 Å². The Bertz CT molecular complexity index is 700. The summed E-state index contributed by atoms with van der Waals surface area (Å²) < 4.78 is 5.05. The van der Waals surface area contributed by atoms with Gasteiger partial charge in [0.2, 0.25) is 0 Å². The number of aromatic nitrogens is 1. The second kappa shape index (κ2) is 9.22. The van der Waals surface area contributed by atoms with Crippen molar-refractivity contribution >= 4 is 23.4 Å². The summed E-state index contributed by atoms with van der Waals surface area (Å²) in [6.07, 6.45) is -1.41. The number of nitrogens with two attached hydrogens (primary N) is 1. The van der Waals surface area contributed by atoms with E-state index in [0.29, 0.717) is 5.56 Å². The van der Waals surface area contributed by atoms with Gasteiger partial charge < -0.3 is 26.0 Å². The van der Waals surface area contributed by atoms with Crippen LogP contribution in [-0.2, 0) is 11.3 Å². The SMILES string of the molecule is Nc1cc(C(O)C(O)CCNC(=O)OCc2ccccc2)cnc1Cl. The Labute approximate surface area is 150 Å². The number of aliphatic hydroxyl groups excluding tert-OH is 2. The molecule has 0 fully saturated rings. The molecule has 0 saturated heterocycles. The highest BCUT2D eigenvalue weighted by molar-refractivity contribution is 6.31. The highest BCUT2D eigenvalue weighted by Gasteiger charge is 2.19. The van der Waals surface area contributed by atoms with E-state index in [1.165, 1.54) is 12.3 Å². The van der Waals surface area contributed by atoms with Gasteiger partial charge in [0.1, 0.15) is 12.7 Å². The predicted molar refractivity (Wildman–Crippen MR) is 93.9 cm³/mol. The number of anilines is 1. The van der Waals surface area contributed by atoms with Gasteiger partial charge in [0.15, 0.2) is 5.15 Å². The van der Waals surface area contributed by atoms with Crippen molar-refractivity contribution in [1.29, 1.82) is 0 Å². The molecule has 2 rings (SSSR count). The molecule has 1 heterocycles. The van der Waals surface area contributed by atoms with Crippen molar-refractivity contribution in [3.05, 3.63) is 58.9 Å². The fourth-order valence-electron chi connectivity index (χ4n) is 2.12. The van der Waals surface area contributed by atoms with E-state index in [1.807, 2.05) is 30.3 Å². The normalized spacial score (nSPS) is 13.1. The van der Waals surface area contributed by atoms with Crippen LogP contribution in [0.5, 0.6) is 0 Å². The number of rotatable bonds is 7. The minimum Gasteiger partial charge on any atom is -0.445 e. The molecule has 0 aliphatic rings. The summed E-state index contributed by atoms with van der Waals surface area (Å²) in [5, 5.41) is 22.7. The number of pyridine rings is 1. The molecule has 0 bridgehead atoms. The number of nitrogens with zero attached hydrogens (tertiary/aromatic N) is 1. The second-order valence-corrected chi connectivity index (χ2v) is 5.80. The molecule has 25 heavy (non-hydrogen) atoms. The van der Waals surface area contributed by atoms with Crippen LogP contribution in [0.15, 0.2) is 42.6 Å². The van der Waals surface area contributed by atoms with Crippen LogP contribution < -0.4 is 11.1 Å². The first kappa shape index (κ1) is 19.0. The van der Waals surface area contributed by atoms with E-state index in [0.717, 1.165) is 5.56 Å². The third-order valence-electron chi connectivity index (χ3n) is 3.52. The first-order chi connectivity index (χ1) is 12.0. The largest absolute Gasteiger partial charge is 0.445 e. The van der Waals surface area contributed by atoms with Gasteiger partial charge in [0.05, 0.1) is 11.8 Å². The second-order valence-electron chi connectivity index (χ2n) is 5.44. The molecule has 0 saturated carbocycles. The molecule has 0 aliphatic carbocycles.